The number of fused-ring (bicyclic) bond motifs is 3. The van der Waals surface area contributed by atoms with E-state index >= 15 is 0 Å². The van der Waals surface area contributed by atoms with Gasteiger partial charge in [-0.25, -0.2) is 4.98 Å². The molecule has 0 radical (unpaired) electrons. The van der Waals surface area contributed by atoms with E-state index < -0.39 is 0 Å². The van der Waals surface area contributed by atoms with Gasteiger partial charge in [-0.15, -0.1) is 0 Å². The topological polar surface area (TPSA) is 30.2 Å². The number of pyridine rings is 2. The fourth-order valence-corrected chi connectivity index (χ4v) is 75.7. The third-order valence-corrected chi connectivity index (χ3v) is 66.1. The Kier molecular flexibility index (Phi) is 32.4. The Labute approximate surface area is 423 Å². The van der Waals surface area contributed by atoms with E-state index in [2.05, 4.69) is 83.2 Å². The SMILES string of the molecule is Cc1cc(C)c(-c2cc3nc(C(C)(C)C)ccc3c3ncc(C)n23)c(C)c1.S=S=S=S=S=S=S=S=S=S=S=S=S=S=S=S=S=S=S=S=S=S=S=S=S=S=S=S=S=S. The molecule has 318 valence electrons. The van der Waals surface area contributed by atoms with Gasteiger partial charge in [-0.3, -0.25) is 9.38 Å². The van der Waals surface area contributed by atoms with Crippen LogP contribution in [0.1, 0.15) is 48.8 Å². The maximum absolute atomic E-state index is 5.02. The maximum Gasteiger partial charge on any atom is 0.146 e. The first-order chi connectivity index (χ1) is 27.6. The Balaban J connectivity index is 0.000000306. The second-order valence-electron chi connectivity index (χ2n) is 10.6. The van der Waals surface area contributed by atoms with Crippen LogP contribution in [0.3, 0.4) is 0 Å². The van der Waals surface area contributed by atoms with Gasteiger partial charge in [0.15, 0.2) is 0 Å². The third-order valence-electron chi connectivity index (χ3n) is 6.07. The summed E-state index contributed by atoms with van der Waals surface area (Å²) in [6, 6.07) is 11.0. The monoisotopic (exact) mass is 1320 g/mol. The van der Waals surface area contributed by atoms with E-state index in [0.29, 0.717) is 0 Å². The highest BCUT2D eigenvalue weighted by Gasteiger charge is 2.19. The van der Waals surface area contributed by atoms with Crippen molar-refractivity contribution in [1.29, 1.82) is 0 Å². The lowest BCUT2D eigenvalue weighted by Crippen LogP contribution is -2.13. The van der Waals surface area contributed by atoms with E-state index in [1.54, 1.807) is 124 Å². The van der Waals surface area contributed by atoms with Gasteiger partial charge in [-0.1, -0.05) is 38.5 Å². The average molecular weight is 1320 g/mol. The summed E-state index contributed by atoms with van der Waals surface area (Å²) >= 11 is 9.57. The number of aromatic nitrogens is 3. The molecule has 1 aromatic carbocycles. The molecule has 0 atom stereocenters. The fourth-order valence-electron chi connectivity index (χ4n) is 4.38. The number of nitrogens with zero attached hydrogens (tertiary/aromatic N) is 3. The van der Waals surface area contributed by atoms with Gasteiger partial charge in [0, 0.05) is 305 Å². The van der Waals surface area contributed by atoms with Crippen LogP contribution < -0.4 is 0 Å². The molecular weight excluding hydrogens is 1290 g/mol. The average Bonchev–Trinajstić information content (AvgIpc) is 3.57. The lowest BCUT2D eigenvalue weighted by molar-refractivity contribution is 0.571. The van der Waals surface area contributed by atoms with Gasteiger partial charge in [0.2, 0.25) is 0 Å². The molecule has 4 aromatic rings. The first-order valence-corrected chi connectivity index (χ1v) is 53.0. The Hall–Kier alpha value is 3.92. The summed E-state index contributed by atoms with van der Waals surface area (Å²) in [6.07, 6.45) is 1.95. The summed E-state index contributed by atoms with van der Waals surface area (Å²) in [4.78, 5) is 9.74. The fraction of sp³-hybridized carbons (Fsp3) is 0.333. The predicted molar refractivity (Wildman–Crippen MR) is 335 cm³/mol. The molecule has 3 nitrogen and oxygen atoms in total. The first-order valence-electron chi connectivity index (χ1n) is 14.4. The van der Waals surface area contributed by atoms with Crippen LogP contribution in [0.5, 0.6) is 0 Å². The van der Waals surface area contributed by atoms with Crippen LogP contribution in [0.2, 0.25) is 0 Å². The van der Waals surface area contributed by atoms with Crippen LogP contribution in [0.15, 0.2) is 36.5 Å². The quantitative estimate of drug-likeness (QED) is 0.234. The summed E-state index contributed by atoms with van der Waals surface area (Å²) in [5.74, 6) is 0. The molecular formula is C24H27N3S30. The van der Waals surface area contributed by atoms with Crippen molar-refractivity contribution in [1.82, 2.24) is 14.4 Å². The Morgan fingerprint density at radius 3 is 1.23 bits per heavy atom. The summed E-state index contributed by atoms with van der Waals surface area (Å²) in [7, 11) is 49.1. The molecule has 0 fully saturated rings. The summed E-state index contributed by atoms with van der Waals surface area (Å²) in [6.45, 7) is 15.3. The molecule has 57 heavy (non-hydrogen) atoms. The van der Waals surface area contributed by atoms with Gasteiger partial charge in [0.25, 0.3) is 0 Å². The van der Waals surface area contributed by atoms with Gasteiger partial charge >= 0.3 is 0 Å². The summed E-state index contributed by atoms with van der Waals surface area (Å²) in [5, 5.41) is 1.10. The molecule has 3 aromatic heterocycles. The van der Waals surface area contributed by atoms with Crippen LogP contribution >= 0.6 is 0 Å². The molecule has 0 amide bonds. The summed E-state index contributed by atoms with van der Waals surface area (Å²) in [5.41, 5.74) is 10.6. The molecule has 0 bridgehead atoms. The molecule has 0 unspecified atom stereocenters. The van der Waals surface area contributed by atoms with Crippen LogP contribution in [0, 0.1) is 27.7 Å². The van der Waals surface area contributed by atoms with E-state index in [9.17, 15) is 0 Å². The van der Waals surface area contributed by atoms with Crippen molar-refractivity contribution in [2.24, 2.45) is 0 Å². The molecule has 33 heteroatoms. The standard InChI is InChI=1S/C24H27N3.S30/c1-14-10-15(2)22(16(3)11-14)20-12-19-18(23-25-13-17(4)27(20)23)8-9-21(26-19)24(5,6)7;1-3-5-7-9-11-13-15-17-19-21-23-25-27-29-30-28-26-24-22-20-18-16-14-12-10-8-6-4-2/h8-13H,1-7H3;. The van der Waals surface area contributed by atoms with Crippen molar-refractivity contribution >= 4 is 288 Å². The normalized spacial score (nSPS) is 9.81. The van der Waals surface area contributed by atoms with E-state index in [1.807, 2.05) is 113 Å². The maximum atomic E-state index is 5.02. The first kappa shape index (κ1) is 55.2. The van der Waals surface area contributed by atoms with Crippen molar-refractivity contribution < 1.29 is 0 Å². The molecule has 0 aliphatic rings. The Bertz CT molecular complexity index is 3330. The number of hydrogen-bond acceptors (Lipinski definition) is 4. The molecule has 0 saturated heterocycles. The summed E-state index contributed by atoms with van der Waals surface area (Å²) < 4.78 is 2.27. The zero-order valence-electron chi connectivity index (χ0n) is 29.6. The zero-order chi connectivity index (χ0) is 41.3. The smallest absolute Gasteiger partial charge is 0.146 e. The molecule has 0 spiro atoms. The number of benzene rings is 1. The van der Waals surface area contributed by atoms with Gasteiger partial charge in [0.05, 0.1) is 11.2 Å². The number of aryl methyl sites for hydroxylation is 4. The van der Waals surface area contributed by atoms with Crippen molar-refractivity contribution in [3.8, 4) is 11.3 Å². The lowest BCUT2D eigenvalue weighted by atomic mass is 9.91. The Morgan fingerprint density at radius 1 is 0.509 bits per heavy atom. The number of imidazole rings is 1. The second kappa shape index (κ2) is 33.4. The van der Waals surface area contributed by atoms with Crippen molar-refractivity contribution in [2.45, 2.75) is 53.9 Å². The highest BCUT2D eigenvalue weighted by atomic mass is 33.5. The Morgan fingerprint density at radius 2 is 0.877 bits per heavy atom. The molecule has 3 heterocycles. The zero-order valence-corrected chi connectivity index (χ0v) is 54.0. The van der Waals surface area contributed by atoms with Gasteiger partial charge in [-0.2, -0.15) is 0 Å². The van der Waals surface area contributed by atoms with E-state index in [4.69, 9.17) is 32.3 Å². The lowest BCUT2D eigenvalue weighted by Gasteiger charge is -2.19. The van der Waals surface area contributed by atoms with Gasteiger partial charge < -0.3 is 0 Å². The van der Waals surface area contributed by atoms with E-state index in [-0.39, 0.29) is 5.41 Å². The third kappa shape index (κ3) is 22.3. The minimum atomic E-state index is 0.0154. The molecule has 0 aliphatic heterocycles. The van der Waals surface area contributed by atoms with E-state index in [1.165, 1.54) is 45.7 Å². The van der Waals surface area contributed by atoms with Crippen LogP contribution in [0.4, 0.5) is 0 Å². The molecule has 0 N–H and O–H groups in total. The largest absolute Gasteiger partial charge is 0.296 e. The number of rotatable bonds is 1. The van der Waals surface area contributed by atoms with Gasteiger partial charge in [-0.05, 0) is 57.0 Å². The van der Waals surface area contributed by atoms with Gasteiger partial charge in [0.1, 0.15) is 5.65 Å². The van der Waals surface area contributed by atoms with E-state index in [0.717, 1.165) is 27.9 Å². The molecule has 4 rings (SSSR count). The molecule has 0 aliphatic carbocycles. The van der Waals surface area contributed by atoms with Crippen molar-refractivity contribution in [3.05, 3.63) is 64.6 Å². The van der Waals surface area contributed by atoms with Crippen LogP contribution in [0.25, 0.3) is 27.8 Å². The second-order valence-corrected chi connectivity index (χ2v) is 60.2. The van der Waals surface area contributed by atoms with Crippen molar-refractivity contribution in [3.63, 3.8) is 0 Å². The molecule has 0 saturated carbocycles. The van der Waals surface area contributed by atoms with Crippen LogP contribution in [-0.2, 0) is 276 Å². The van der Waals surface area contributed by atoms with Crippen molar-refractivity contribution in [2.75, 3.05) is 0 Å². The highest BCUT2D eigenvalue weighted by Crippen LogP contribution is 2.34. The predicted octanol–water partition coefficient (Wildman–Crippen LogP) is 6.01. The highest BCUT2D eigenvalue weighted by molar-refractivity contribution is 8.80. The minimum absolute atomic E-state index is 0.0154. The number of hydrogen-bond donors (Lipinski definition) is 0. The minimum Gasteiger partial charge on any atom is -0.296 e. The van der Waals surface area contributed by atoms with Crippen LogP contribution in [-0.4, -0.2) is 14.4 Å².